The predicted molar refractivity (Wildman–Crippen MR) is 93.1 cm³/mol. The molecule has 2 heterocycles. The molecule has 116 valence electrons. The molecule has 1 aromatic rings. The summed E-state index contributed by atoms with van der Waals surface area (Å²) in [6, 6.07) is 10.8. The molecule has 1 aliphatic heterocycles. The quantitative estimate of drug-likeness (QED) is 0.646. The topological polar surface area (TPSA) is 12.9 Å². The second-order valence-electron chi connectivity index (χ2n) is 9.01. The zero-order chi connectivity index (χ0) is 15.1. The van der Waals surface area contributed by atoms with Gasteiger partial charge in [-0.25, -0.2) is 0 Å². The summed E-state index contributed by atoms with van der Waals surface area (Å²) in [5.74, 6) is 1.00. The molecule has 1 aliphatic carbocycles. The van der Waals surface area contributed by atoms with Crippen LogP contribution < -0.4 is 0 Å². The highest BCUT2D eigenvalue weighted by molar-refractivity contribution is 6.82. The lowest BCUT2D eigenvalue weighted by molar-refractivity contribution is 0.170. The Labute approximate surface area is 131 Å². The van der Waals surface area contributed by atoms with Crippen molar-refractivity contribution in [3.8, 4) is 0 Å². The van der Waals surface area contributed by atoms with Gasteiger partial charge in [0.05, 0.1) is 8.07 Å². The Hall–Kier alpha value is -0.633. The molecule has 3 atom stereocenters. The van der Waals surface area contributed by atoms with E-state index in [1.165, 1.54) is 43.5 Å². The highest BCUT2D eigenvalue weighted by atomic mass is 28.3. The molecule has 3 rings (SSSR count). The van der Waals surface area contributed by atoms with E-state index in [4.69, 9.17) is 0 Å². The molecule has 2 aliphatic rings. The number of hydrogen-bond donors (Lipinski definition) is 0. The lowest BCUT2D eigenvalue weighted by atomic mass is 9.70. The van der Waals surface area contributed by atoms with Gasteiger partial charge in [0.15, 0.2) is 0 Å². The fraction of sp³-hybridized carbons (Fsp3) is 0.737. The van der Waals surface area contributed by atoms with Crippen molar-refractivity contribution in [3.63, 3.8) is 0 Å². The van der Waals surface area contributed by atoms with Crippen molar-refractivity contribution >= 4 is 8.07 Å². The summed E-state index contributed by atoms with van der Waals surface area (Å²) >= 11 is 0. The van der Waals surface area contributed by atoms with Gasteiger partial charge in [-0.3, -0.25) is 4.98 Å². The van der Waals surface area contributed by atoms with Gasteiger partial charge in [0.1, 0.15) is 0 Å². The summed E-state index contributed by atoms with van der Waals surface area (Å²) < 4.78 is 0. The molecule has 0 radical (unpaired) electrons. The molecule has 1 aromatic heterocycles. The number of fused-ring (bicyclic) bond motifs is 1. The number of pyridine rings is 1. The van der Waals surface area contributed by atoms with E-state index in [0.29, 0.717) is 10.5 Å². The maximum absolute atomic E-state index is 4.68. The highest BCUT2D eigenvalue weighted by Gasteiger charge is 2.58. The minimum absolute atomic E-state index is 0.491. The van der Waals surface area contributed by atoms with Crippen LogP contribution in [0.25, 0.3) is 0 Å². The Bertz CT molecular complexity index is 492. The molecule has 1 nitrogen and oxygen atoms in total. The van der Waals surface area contributed by atoms with Crippen LogP contribution in [-0.4, -0.2) is 13.1 Å². The van der Waals surface area contributed by atoms with Crippen molar-refractivity contribution in [1.29, 1.82) is 0 Å². The molecule has 0 aromatic carbocycles. The lowest BCUT2D eigenvalue weighted by Gasteiger charge is -2.42. The van der Waals surface area contributed by atoms with Crippen molar-refractivity contribution in [2.24, 2.45) is 11.3 Å². The second kappa shape index (κ2) is 5.22. The van der Waals surface area contributed by atoms with E-state index in [-0.39, 0.29) is 0 Å². The third-order valence-corrected chi connectivity index (χ3v) is 13.7. The lowest BCUT2D eigenvalue weighted by Crippen LogP contribution is -2.45. The smallest absolute Gasteiger partial charge is 0.0659 e. The Morgan fingerprint density at radius 1 is 1.29 bits per heavy atom. The monoisotopic (exact) mass is 301 g/mol. The predicted octanol–water partition coefficient (Wildman–Crippen LogP) is 5.62. The minimum atomic E-state index is -1.34. The third-order valence-electron chi connectivity index (χ3n) is 6.75. The Balaban J connectivity index is 1.93. The van der Waals surface area contributed by atoms with Crippen LogP contribution in [0, 0.1) is 11.3 Å². The van der Waals surface area contributed by atoms with Crippen molar-refractivity contribution < 1.29 is 0 Å². The van der Waals surface area contributed by atoms with Crippen LogP contribution in [-0.2, 0) is 6.04 Å². The number of aromatic nitrogens is 1. The van der Waals surface area contributed by atoms with E-state index < -0.39 is 8.07 Å². The van der Waals surface area contributed by atoms with Crippen LogP contribution in [0.15, 0.2) is 24.4 Å². The van der Waals surface area contributed by atoms with Crippen LogP contribution in [0.2, 0.25) is 17.1 Å². The zero-order valence-electron chi connectivity index (χ0n) is 14.3. The summed E-state index contributed by atoms with van der Waals surface area (Å²) in [5, 5.41) is 0.491. The van der Waals surface area contributed by atoms with E-state index >= 15 is 0 Å². The normalized spacial score (nSPS) is 36.5. The van der Waals surface area contributed by atoms with E-state index in [1.807, 2.05) is 12.3 Å². The average molecular weight is 302 g/mol. The first-order valence-electron chi connectivity index (χ1n) is 8.75. The summed E-state index contributed by atoms with van der Waals surface area (Å²) in [5.41, 5.74) is 1.99. The molecular weight excluding hydrogens is 270 g/mol. The molecule has 1 unspecified atom stereocenters. The van der Waals surface area contributed by atoms with Crippen LogP contribution in [0.1, 0.15) is 59.1 Å². The van der Waals surface area contributed by atoms with Crippen LogP contribution >= 0.6 is 0 Å². The van der Waals surface area contributed by atoms with Gasteiger partial charge in [0, 0.05) is 11.9 Å². The summed E-state index contributed by atoms with van der Waals surface area (Å²) in [4.78, 5) is 4.68. The van der Waals surface area contributed by atoms with Gasteiger partial charge in [-0.15, -0.1) is 0 Å². The maximum Gasteiger partial charge on any atom is 0.0659 e. The number of hydrogen-bond acceptors (Lipinski definition) is 1. The number of rotatable bonds is 2. The van der Waals surface area contributed by atoms with Gasteiger partial charge < -0.3 is 0 Å². The van der Waals surface area contributed by atoms with Gasteiger partial charge in [0.25, 0.3) is 0 Å². The molecule has 1 saturated carbocycles. The van der Waals surface area contributed by atoms with E-state index in [1.54, 1.807) is 6.04 Å². The third kappa shape index (κ3) is 2.72. The van der Waals surface area contributed by atoms with Crippen LogP contribution in [0.4, 0.5) is 0 Å². The first-order chi connectivity index (χ1) is 9.85. The Kier molecular flexibility index (Phi) is 3.80. The van der Waals surface area contributed by atoms with E-state index in [2.05, 4.69) is 44.8 Å². The molecule has 0 N–H and O–H groups in total. The molecule has 21 heavy (non-hydrogen) atoms. The highest BCUT2D eigenvalue weighted by Crippen LogP contribution is 2.62. The zero-order valence-corrected chi connectivity index (χ0v) is 15.3. The molecule has 0 spiro atoms. The minimum Gasteiger partial charge on any atom is -0.262 e. The van der Waals surface area contributed by atoms with Gasteiger partial charge >= 0.3 is 0 Å². The van der Waals surface area contributed by atoms with Crippen LogP contribution in [0.3, 0.4) is 0 Å². The fourth-order valence-electron chi connectivity index (χ4n) is 5.19. The molecule has 1 saturated heterocycles. The van der Waals surface area contributed by atoms with E-state index in [0.717, 1.165) is 5.92 Å². The van der Waals surface area contributed by atoms with Crippen molar-refractivity contribution in [2.45, 2.75) is 76.5 Å². The largest absolute Gasteiger partial charge is 0.262 e. The second-order valence-corrected chi connectivity index (χ2v) is 14.2. The molecule has 0 amide bonds. The molecule has 0 bridgehead atoms. The summed E-state index contributed by atoms with van der Waals surface area (Å²) in [7, 11) is -1.34. The van der Waals surface area contributed by atoms with Crippen molar-refractivity contribution in [1.82, 2.24) is 4.98 Å². The summed E-state index contributed by atoms with van der Waals surface area (Å²) in [6.07, 6.45) is 7.88. The van der Waals surface area contributed by atoms with Gasteiger partial charge in [-0.05, 0) is 41.0 Å². The molecular formula is C19H31NSi. The van der Waals surface area contributed by atoms with Crippen molar-refractivity contribution in [3.05, 3.63) is 30.1 Å². The Morgan fingerprint density at radius 3 is 2.71 bits per heavy atom. The summed E-state index contributed by atoms with van der Waals surface area (Å²) in [6.45, 7) is 10.2. The standard InChI is InChI=1S/C19H31NSi/c1-18(2,3)21(14-17-10-6-8-12-20-17)13-16-9-5-7-11-19(16,4)15-21/h6,8,10,12,16H,5,7,9,11,13-15H2,1-4H3/t16-,19+,21?/m0/s1. The van der Waals surface area contributed by atoms with Gasteiger partial charge in [0.2, 0.25) is 0 Å². The van der Waals surface area contributed by atoms with Crippen LogP contribution in [0.5, 0.6) is 0 Å². The number of nitrogens with zero attached hydrogens (tertiary/aromatic N) is 1. The van der Waals surface area contributed by atoms with Gasteiger partial charge in [-0.2, -0.15) is 0 Å². The maximum atomic E-state index is 4.68. The first kappa shape index (κ1) is 15.3. The van der Waals surface area contributed by atoms with Gasteiger partial charge in [-0.1, -0.05) is 65.1 Å². The fourth-order valence-corrected chi connectivity index (χ4v) is 11.8. The van der Waals surface area contributed by atoms with Crippen molar-refractivity contribution in [2.75, 3.05) is 0 Å². The average Bonchev–Trinajstić information content (AvgIpc) is 2.72. The Morgan fingerprint density at radius 2 is 2.10 bits per heavy atom. The molecule has 2 fully saturated rings. The first-order valence-corrected chi connectivity index (χ1v) is 11.4. The van der Waals surface area contributed by atoms with E-state index in [9.17, 15) is 0 Å². The SMILES string of the molecule is CC(C)(C)[Si]1(Cc2ccccn2)C[C@@H]2CCCC[C@]2(C)C1. The molecule has 2 heteroatoms.